The fraction of sp³-hybridized carbons (Fsp3) is 0.367. The van der Waals surface area contributed by atoms with E-state index in [1.54, 1.807) is 0 Å². The number of nitro benzene ring substituents is 1. The van der Waals surface area contributed by atoms with Crippen LogP contribution in [-0.2, 0) is 14.6 Å². The molecule has 0 aromatic heterocycles. The maximum atomic E-state index is 13.8. The average molecular weight is 587 g/mol. The molecule has 0 saturated carbocycles. The second-order valence-electron chi connectivity index (χ2n) is 9.75. The Kier molecular flexibility index (Phi) is 11.6. The van der Waals surface area contributed by atoms with E-state index < -0.39 is 38.3 Å². The molecular weight excluding hydrogens is 551 g/mol. The van der Waals surface area contributed by atoms with Gasteiger partial charge in [0, 0.05) is 11.8 Å². The van der Waals surface area contributed by atoms with E-state index in [0.717, 1.165) is 37.8 Å². The van der Waals surface area contributed by atoms with E-state index in [-0.39, 0.29) is 27.0 Å². The SMILES string of the molecule is CCCCCCCCCCC(Oc1ccc(S(=O)(=O)c2ccc(O)cc2)cc1)C(=O)Nc1ccc(F)c([N+](=O)[O-])c1. The fourth-order valence-electron chi connectivity index (χ4n) is 4.28. The van der Waals surface area contributed by atoms with Gasteiger partial charge in [0.05, 0.1) is 14.7 Å². The van der Waals surface area contributed by atoms with Crippen molar-refractivity contribution in [1.29, 1.82) is 0 Å². The van der Waals surface area contributed by atoms with E-state index >= 15 is 0 Å². The third-order valence-electron chi connectivity index (χ3n) is 6.58. The van der Waals surface area contributed by atoms with Crippen molar-refractivity contribution in [2.24, 2.45) is 0 Å². The summed E-state index contributed by atoms with van der Waals surface area (Å²) in [5, 5.41) is 23.1. The van der Waals surface area contributed by atoms with Crippen molar-refractivity contribution in [3.8, 4) is 11.5 Å². The second kappa shape index (κ2) is 15.1. The normalized spacial score (nSPS) is 12.0. The van der Waals surface area contributed by atoms with E-state index in [4.69, 9.17) is 4.74 Å². The topological polar surface area (TPSA) is 136 Å². The predicted molar refractivity (Wildman–Crippen MR) is 153 cm³/mol. The maximum Gasteiger partial charge on any atom is 0.306 e. The molecule has 220 valence electrons. The van der Waals surface area contributed by atoms with Crippen LogP contribution in [0.1, 0.15) is 64.7 Å². The summed E-state index contributed by atoms with van der Waals surface area (Å²) in [6.45, 7) is 2.16. The highest BCUT2D eigenvalue weighted by Crippen LogP contribution is 2.26. The van der Waals surface area contributed by atoms with Crippen LogP contribution >= 0.6 is 0 Å². The Morgan fingerprint density at radius 3 is 2.07 bits per heavy atom. The summed E-state index contributed by atoms with van der Waals surface area (Å²) in [4.78, 5) is 23.4. The Labute approximate surface area is 239 Å². The van der Waals surface area contributed by atoms with Crippen LogP contribution in [0.2, 0.25) is 0 Å². The predicted octanol–water partition coefficient (Wildman–Crippen LogP) is 7.19. The molecule has 0 radical (unpaired) electrons. The number of benzene rings is 3. The largest absolute Gasteiger partial charge is 0.508 e. The summed E-state index contributed by atoms with van der Waals surface area (Å²) in [5.41, 5.74) is -0.697. The van der Waals surface area contributed by atoms with Gasteiger partial charge in [0.25, 0.3) is 5.91 Å². The Bertz CT molecular complexity index is 1410. The maximum absolute atomic E-state index is 13.8. The molecule has 2 N–H and O–H groups in total. The van der Waals surface area contributed by atoms with Crippen LogP contribution in [0.4, 0.5) is 15.8 Å². The molecule has 41 heavy (non-hydrogen) atoms. The van der Waals surface area contributed by atoms with Gasteiger partial charge in [-0.2, -0.15) is 4.39 Å². The standard InChI is InChI=1S/C30H35FN2O7S/c1-2-3-4-5-6-7-8-9-10-29(30(35)32-22-11-20-27(31)28(21-22)33(36)37)40-24-14-18-26(19-15-24)41(38,39)25-16-12-23(34)13-17-25/h11-21,29,34H,2-10H2,1H3,(H,32,35). The van der Waals surface area contributed by atoms with Gasteiger partial charge in [-0.25, -0.2) is 8.42 Å². The minimum atomic E-state index is -3.83. The van der Waals surface area contributed by atoms with Gasteiger partial charge in [0.1, 0.15) is 11.5 Å². The zero-order valence-corrected chi connectivity index (χ0v) is 23.7. The summed E-state index contributed by atoms with van der Waals surface area (Å²) < 4.78 is 45.5. The summed E-state index contributed by atoms with van der Waals surface area (Å²) in [5.74, 6) is -1.36. The van der Waals surface area contributed by atoms with Crippen LogP contribution in [0.25, 0.3) is 0 Å². The quantitative estimate of drug-likeness (QED) is 0.103. The summed E-state index contributed by atoms with van der Waals surface area (Å²) in [7, 11) is -3.83. The first-order valence-electron chi connectivity index (χ1n) is 13.7. The molecule has 0 heterocycles. The number of anilines is 1. The number of carbonyl (C=O) groups is 1. The number of phenols is 1. The molecule has 1 amide bonds. The van der Waals surface area contributed by atoms with Gasteiger partial charge < -0.3 is 15.2 Å². The van der Waals surface area contributed by atoms with Crippen molar-refractivity contribution in [3.63, 3.8) is 0 Å². The number of hydrogen-bond acceptors (Lipinski definition) is 7. The fourth-order valence-corrected chi connectivity index (χ4v) is 5.54. The van der Waals surface area contributed by atoms with Crippen molar-refractivity contribution in [2.75, 3.05) is 5.32 Å². The number of amides is 1. The molecule has 0 saturated heterocycles. The van der Waals surface area contributed by atoms with E-state index in [0.29, 0.717) is 12.8 Å². The molecule has 3 rings (SSSR count). The first kappa shape index (κ1) is 31.5. The highest BCUT2D eigenvalue weighted by molar-refractivity contribution is 7.91. The van der Waals surface area contributed by atoms with Gasteiger partial charge in [-0.05, 0) is 73.5 Å². The van der Waals surface area contributed by atoms with Crippen LogP contribution in [0.5, 0.6) is 11.5 Å². The molecule has 1 atom stereocenters. The van der Waals surface area contributed by atoms with Gasteiger partial charge in [-0.1, -0.05) is 51.9 Å². The Morgan fingerprint density at radius 1 is 0.927 bits per heavy atom. The highest BCUT2D eigenvalue weighted by Gasteiger charge is 2.23. The number of nitrogens with one attached hydrogen (secondary N) is 1. The van der Waals surface area contributed by atoms with E-state index in [1.807, 2.05) is 0 Å². The number of halogens is 1. The molecule has 3 aromatic carbocycles. The van der Waals surface area contributed by atoms with Gasteiger partial charge >= 0.3 is 5.69 Å². The third kappa shape index (κ3) is 9.28. The summed E-state index contributed by atoms with van der Waals surface area (Å²) in [6.07, 6.45) is 7.86. The number of aromatic hydroxyl groups is 1. The lowest BCUT2D eigenvalue weighted by molar-refractivity contribution is -0.387. The van der Waals surface area contributed by atoms with Crippen LogP contribution in [0, 0.1) is 15.9 Å². The minimum Gasteiger partial charge on any atom is -0.508 e. The van der Waals surface area contributed by atoms with Gasteiger partial charge in [-0.3, -0.25) is 14.9 Å². The number of ether oxygens (including phenoxy) is 1. The number of carbonyl (C=O) groups excluding carboxylic acids is 1. The monoisotopic (exact) mass is 586 g/mol. The molecule has 0 fully saturated rings. The number of sulfone groups is 1. The minimum absolute atomic E-state index is 0.0123. The molecule has 0 bridgehead atoms. The lowest BCUT2D eigenvalue weighted by atomic mass is 10.1. The van der Waals surface area contributed by atoms with E-state index in [9.17, 15) is 32.8 Å². The second-order valence-corrected chi connectivity index (χ2v) is 11.7. The van der Waals surface area contributed by atoms with Crippen LogP contribution < -0.4 is 10.1 Å². The molecule has 9 nitrogen and oxygen atoms in total. The number of unbranched alkanes of at least 4 members (excludes halogenated alkanes) is 7. The van der Waals surface area contributed by atoms with Crippen molar-refractivity contribution in [2.45, 2.75) is 80.6 Å². The molecule has 0 spiro atoms. The van der Waals surface area contributed by atoms with Crippen molar-refractivity contribution >= 4 is 27.1 Å². The van der Waals surface area contributed by atoms with Crippen LogP contribution in [0.15, 0.2) is 76.5 Å². The molecule has 0 aliphatic carbocycles. The Hall–Kier alpha value is -3.99. The smallest absolute Gasteiger partial charge is 0.306 e. The van der Waals surface area contributed by atoms with Gasteiger partial charge in [0.15, 0.2) is 6.10 Å². The van der Waals surface area contributed by atoms with Crippen molar-refractivity contribution in [1.82, 2.24) is 0 Å². The number of hydrogen-bond donors (Lipinski definition) is 2. The zero-order valence-electron chi connectivity index (χ0n) is 22.9. The van der Waals surface area contributed by atoms with Gasteiger partial charge in [-0.15, -0.1) is 0 Å². The summed E-state index contributed by atoms with van der Waals surface area (Å²) in [6, 6.07) is 13.9. The first-order valence-corrected chi connectivity index (χ1v) is 15.2. The van der Waals surface area contributed by atoms with Crippen molar-refractivity contribution in [3.05, 3.63) is 82.7 Å². The summed E-state index contributed by atoms with van der Waals surface area (Å²) >= 11 is 0. The van der Waals surface area contributed by atoms with Gasteiger partial charge in [0.2, 0.25) is 15.7 Å². The number of nitrogens with zero attached hydrogens (tertiary/aromatic N) is 1. The number of nitro groups is 1. The highest BCUT2D eigenvalue weighted by atomic mass is 32.2. The molecule has 0 aliphatic rings. The molecule has 0 aliphatic heterocycles. The molecular formula is C30H35FN2O7S. The van der Waals surface area contributed by atoms with Crippen LogP contribution in [-0.4, -0.2) is 30.5 Å². The van der Waals surface area contributed by atoms with E-state index in [1.165, 1.54) is 73.9 Å². The number of rotatable bonds is 16. The van der Waals surface area contributed by atoms with Crippen LogP contribution in [0.3, 0.4) is 0 Å². The lowest BCUT2D eigenvalue weighted by Gasteiger charge is -2.19. The number of phenolic OH excluding ortho intramolecular Hbond substituents is 1. The molecule has 3 aromatic rings. The van der Waals surface area contributed by atoms with Crippen molar-refractivity contribution < 1.29 is 32.4 Å². The average Bonchev–Trinajstić information content (AvgIpc) is 2.95. The molecule has 1 unspecified atom stereocenters. The Balaban J connectivity index is 1.71. The molecule has 11 heteroatoms. The third-order valence-corrected chi connectivity index (χ3v) is 8.37. The lowest BCUT2D eigenvalue weighted by Crippen LogP contribution is -2.33. The Morgan fingerprint density at radius 2 is 1.49 bits per heavy atom. The first-order chi connectivity index (χ1) is 19.6. The van der Waals surface area contributed by atoms with E-state index in [2.05, 4.69) is 12.2 Å². The zero-order chi connectivity index (χ0) is 29.8.